The lowest BCUT2D eigenvalue weighted by Gasteiger charge is -2.38. The summed E-state index contributed by atoms with van der Waals surface area (Å²) in [7, 11) is 0. The van der Waals surface area contributed by atoms with Gasteiger partial charge in [0.2, 0.25) is 11.8 Å². The van der Waals surface area contributed by atoms with Crippen LogP contribution in [-0.4, -0.2) is 16.8 Å². The van der Waals surface area contributed by atoms with Crippen LogP contribution in [0.25, 0.3) is 0 Å². The molecule has 0 unspecified atom stereocenters. The smallest absolute Gasteiger partial charge is 0.236 e. The number of hydrogen-bond donors (Lipinski definition) is 2. The van der Waals surface area contributed by atoms with Gasteiger partial charge in [0, 0.05) is 25.3 Å². The predicted molar refractivity (Wildman–Crippen MR) is 145 cm³/mol. The zero-order valence-electron chi connectivity index (χ0n) is 20.7. The molecular weight excluding hydrogens is 458 g/mol. The third-order valence-corrected chi connectivity index (χ3v) is 6.94. The maximum absolute atomic E-state index is 13.3. The zero-order valence-corrected chi connectivity index (χ0v) is 20.7. The Hall–Kier alpha value is -4.22. The Morgan fingerprint density at radius 2 is 1.32 bits per heavy atom. The first-order valence-electron chi connectivity index (χ1n) is 12.7. The van der Waals surface area contributed by atoms with Crippen LogP contribution < -0.4 is 10.7 Å². The maximum atomic E-state index is 13.3. The van der Waals surface area contributed by atoms with E-state index in [1.165, 1.54) is 0 Å². The standard InChI is InChI=1S/C32H31N3O2/c36-30(33-23-24-13-5-1-6-14-24)21-28(25-15-7-2-8-16-25)32(27-19-11-4-12-20-27)35-29(22-31(37)34-35)26-17-9-3-10-18-26/h1-20,28-29,32H,21-23H2,(H,33,36)(H,34,37)/t28-,29-,32-/m1/s1. The first-order valence-corrected chi connectivity index (χ1v) is 12.7. The van der Waals surface area contributed by atoms with Crippen molar-refractivity contribution < 1.29 is 9.59 Å². The minimum absolute atomic E-state index is 0.0184. The van der Waals surface area contributed by atoms with E-state index in [9.17, 15) is 9.59 Å². The number of hydrogen-bond acceptors (Lipinski definition) is 3. The molecule has 0 bridgehead atoms. The second-order valence-electron chi connectivity index (χ2n) is 9.41. The molecule has 4 aromatic carbocycles. The summed E-state index contributed by atoms with van der Waals surface area (Å²) in [5.74, 6) is -0.237. The SMILES string of the molecule is O=C(C[C@H](c1ccccc1)[C@@H](c1ccccc1)N1NC(=O)C[C@@H]1c1ccccc1)NCc1ccccc1. The monoisotopic (exact) mass is 489 g/mol. The lowest BCUT2D eigenvalue weighted by molar-refractivity contribution is -0.122. The Bertz CT molecular complexity index is 1300. The van der Waals surface area contributed by atoms with Gasteiger partial charge in [0.05, 0.1) is 12.1 Å². The third-order valence-electron chi connectivity index (χ3n) is 6.94. The molecule has 1 saturated heterocycles. The van der Waals surface area contributed by atoms with Crippen LogP contribution >= 0.6 is 0 Å². The van der Waals surface area contributed by atoms with E-state index in [0.29, 0.717) is 13.0 Å². The van der Waals surface area contributed by atoms with Crippen molar-refractivity contribution in [2.45, 2.75) is 37.4 Å². The number of nitrogens with one attached hydrogen (secondary N) is 2. The van der Waals surface area contributed by atoms with Crippen LogP contribution in [0, 0.1) is 0 Å². The average Bonchev–Trinajstić information content (AvgIpc) is 3.34. The fraction of sp³-hybridized carbons (Fsp3) is 0.188. The van der Waals surface area contributed by atoms with E-state index in [0.717, 1.165) is 22.3 Å². The number of hydrazine groups is 1. The fourth-order valence-electron chi connectivity index (χ4n) is 5.18. The number of carbonyl (C=O) groups excluding carboxylic acids is 2. The summed E-state index contributed by atoms with van der Waals surface area (Å²) >= 11 is 0. The molecule has 1 aliphatic rings. The largest absolute Gasteiger partial charge is 0.352 e. The molecule has 1 heterocycles. The van der Waals surface area contributed by atoms with Crippen molar-refractivity contribution in [2.75, 3.05) is 0 Å². The number of nitrogens with zero attached hydrogens (tertiary/aromatic N) is 1. The molecule has 1 fully saturated rings. The average molecular weight is 490 g/mol. The van der Waals surface area contributed by atoms with Gasteiger partial charge < -0.3 is 5.32 Å². The predicted octanol–water partition coefficient (Wildman–Crippen LogP) is 5.70. The van der Waals surface area contributed by atoms with E-state index < -0.39 is 0 Å². The number of carbonyl (C=O) groups is 2. The van der Waals surface area contributed by atoms with Crippen LogP contribution in [0.2, 0.25) is 0 Å². The van der Waals surface area contributed by atoms with E-state index >= 15 is 0 Å². The summed E-state index contributed by atoms with van der Waals surface area (Å²) in [5.41, 5.74) is 7.38. The highest BCUT2D eigenvalue weighted by molar-refractivity contribution is 5.79. The van der Waals surface area contributed by atoms with E-state index in [2.05, 4.69) is 52.1 Å². The van der Waals surface area contributed by atoms with Gasteiger partial charge in [0.25, 0.3) is 0 Å². The normalized spacial score (nSPS) is 17.1. The molecule has 0 aliphatic carbocycles. The van der Waals surface area contributed by atoms with Gasteiger partial charge in [-0.25, -0.2) is 5.01 Å². The molecule has 4 aromatic rings. The molecular formula is C32H31N3O2. The van der Waals surface area contributed by atoms with E-state index in [4.69, 9.17) is 0 Å². The van der Waals surface area contributed by atoms with Crippen molar-refractivity contribution in [1.82, 2.24) is 15.8 Å². The first kappa shape index (κ1) is 24.5. The highest BCUT2D eigenvalue weighted by Gasteiger charge is 2.41. The van der Waals surface area contributed by atoms with Crippen molar-refractivity contribution in [1.29, 1.82) is 0 Å². The molecule has 186 valence electrons. The van der Waals surface area contributed by atoms with Gasteiger partial charge in [-0.05, 0) is 22.3 Å². The Morgan fingerprint density at radius 3 is 1.95 bits per heavy atom. The van der Waals surface area contributed by atoms with Crippen molar-refractivity contribution in [3.63, 3.8) is 0 Å². The number of amides is 2. The molecule has 0 saturated carbocycles. The quantitative estimate of drug-likeness (QED) is 0.317. The van der Waals surface area contributed by atoms with Crippen molar-refractivity contribution in [2.24, 2.45) is 0 Å². The fourth-order valence-corrected chi connectivity index (χ4v) is 5.18. The summed E-state index contributed by atoms with van der Waals surface area (Å²) in [6, 6.07) is 39.9. The first-order chi connectivity index (χ1) is 18.2. The number of benzene rings is 4. The molecule has 1 aliphatic heterocycles. The second-order valence-corrected chi connectivity index (χ2v) is 9.41. The van der Waals surface area contributed by atoms with Crippen molar-refractivity contribution >= 4 is 11.8 Å². The Labute approximate surface area is 218 Å². The highest BCUT2D eigenvalue weighted by Crippen LogP contribution is 2.44. The molecule has 2 amide bonds. The van der Waals surface area contributed by atoms with Gasteiger partial charge >= 0.3 is 0 Å². The molecule has 2 N–H and O–H groups in total. The third kappa shape index (κ3) is 5.96. The summed E-state index contributed by atoms with van der Waals surface area (Å²) in [6.45, 7) is 0.476. The van der Waals surface area contributed by atoms with Crippen LogP contribution in [0.1, 0.15) is 53.1 Å². The van der Waals surface area contributed by atoms with Crippen LogP contribution in [0.4, 0.5) is 0 Å². The minimum atomic E-state index is -0.247. The van der Waals surface area contributed by atoms with Crippen molar-refractivity contribution in [3.05, 3.63) is 144 Å². The van der Waals surface area contributed by atoms with E-state index in [1.54, 1.807) is 0 Å². The number of rotatable bonds is 9. The summed E-state index contributed by atoms with van der Waals surface area (Å²) in [5, 5.41) is 5.17. The Kier molecular flexibility index (Phi) is 7.72. The Balaban J connectivity index is 1.51. The van der Waals surface area contributed by atoms with Crippen LogP contribution in [0.3, 0.4) is 0 Å². The lowest BCUT2D eigenvalue weighted by Crippen LogP contribution is -2.42. The van der Waals surface area contributed by atoms with E-state index in [1.807, 2.05) is 84.9 Å². The zero-order chi connectivity index (χ0) is 25.5. The van der Waals surface area contributed by atoms with Gasteiger partial charge in [-0.3, -0.25) is 15.0 Å². The van der Waals surface area contributed by atoms with Gasteiger partial charge in [-0.1, -0.05) is 121 Å². The molecule has 5 heteroatoms. The molecule has 0 radical (unpaired) electrons. The van der Waals surface area contributed by atoms with Crippen LogP contribution in [0.5, 0.6) is 0 Å². The van der Waals surface area contributed by atoms with Gasteiger partial charge in [-0.15, -0.1) is 0 Å². The Morgan fingerprint density at radius 1 is 0.784 bits per heavy atom. The molecule has 0 spiro atoms. The second kappa shape index (κ2) is 11.7. The van der Waals surface area contributed by atoms with Crippen LogP contribution in [-0.2, 0) is 16.1 Å². The molecule has 5 nitrogen and oxygen atoms in total. The highest BCUT2D eigenvalue weighted by atomic mass is 16.2. The maximum Gasteiger partial charge on any atom is 0.236 e. The minimum Gasteiger partial charge on any atom is -0.352 e. The molecule has 5 rings (SSSR count). The lowest BCUT2D eigenvalue weighted by atomic mass is 9.83. The van der Waals surface area contributed by atoms with Gasteiger partial charge in [0.15, 0.2) is 0 Å². The topological polar surface area (TPSA) is 61.4 Å². The summed E-state index contributed by atoms with van der Waals surface area (Å²) in [4.78, 5) is 26.1. The van der Waals surface area contributed by atoms with Gasteiger partial charge in [0.1, 0.15) is 0 Å². The molecule has 3 atom stereocenters. The molecule has 0 aromatic heterocycles. The summed E-state index contributed by atoms with van der Waals surface area (Å²) < 4.78 is 0. The molecule has 37 heavy (non-hydrogen) atoms. The van der Waals surface area contributed by atoms with Crippen LogP contribution in [0.15, 0.2) is 121 Å². The van der Waals surface area contributed by atoms with Crippen molar-refractivity contribution in [3.8, 4) is 0 Å². The summed E-state index contributed by atoms with van der Waals surface area (Å²) in [6.07, 6.45) is 0.652. The van der Waals surface area contributed by atoms with Gasteiger partial charge in [-0.2, -0.15) is 0 Å². The van der Waals surface area contributed by atoms with E-state index in [-0.39, 0.29) is 36.2 Å².